The minimum absolute atomic E-state index is 0.0841. The zero-order valence-electron chi connectivity index (χ0n) is 18.5. The number of rotatable bonds is 9. The van der Waals surface area contributed by atoms with Gasteiger partial charge in [0.05, 0.1) is 5.92 Å². The van der Waals surface area contributed by atoms with E-state index in [-0.39, 0.29) is 30.6 Å². The molecule has 1 atom stereocenters. The van der Waals surface area contributed by atoms with Crippen LogP contribution in [0.5, 0.6) is 0 Å². The number of hydrogen-bond acceptors (Lipinski definition) is 7. The van der Waals surface area contributed by atoms with Gasteiger partial charge in [-0.25, -0.2) is 9.42 Å². The van der Waals surface area contributed by atoms with E-state index in [9.17, 15) is 19.5 Å². The fourth-order valence-corrected chi connectivity index (χ4v) is 4.11. The van der Waals surface area contributed by atoms with Crippen molar-refractivity contribution >= 4 is 23.8 Å². The minimum atomic E-state index is -1.00. The zero-order chi connectivity index (χ0) is 24.1. The Balaban J connectivity index is 1.37. The molecule has 2 aromatic carbocycles. The molecular formula is C24H24N4O6. The number of carboxylic acid groups (broad SMARTS) is 1. The van der Waals surface area contributed by atoms with Crippen molar-refractivity contribution in [3.05, 3.63) is 65.4 Å². The van der Waals surface area contributed by atoms with E-state index in [1.54, 1.807) is 0 Å². The van der Waals surface area contributed by atoms with E-state index < -0.39 is 23.9 Å². The summed E-state index contributed by atoms with van der Waals surface area (Å²) in [5.74, 6) is -2.78. The van der Waals surface area contributed by atoms with E-state index in [2.05, 4.69) is 25.6 Å². The molecule has 0 fully saturated rings. The van der Waals surface area contributed by atoms with Crippen molar-refractivity contribution in [1.29, 1.82) is 0 Å². The SMILES string of the molecule is CCCC(CNC(=O)c1nonc1NC(=O)OCC1c2ccccc2-c2ccccc21)C(=O)O. The summed E-state index contributed by atoms with van der Waals surface area (Å²) >= 11 is 0. The average molecular weight is 464 g/mol. The van der Waals surface area contributed by atoms with Gasteiger partial charge in [-0.15, -0.1) is 0 Å². The molecule has 10 heteroatoms. The Kier molecular flexibility index (Phi) is 6.86. The van der Waals surface area contributed by atoms with E-state index >= 15 is 0 Å². The third kappa shape index (κ3) is 4.75. The molecule has 4 rings (SSSR count). The van der Waals surface area contributed by atoms with Crippen LogP contribution in [0, 0.1) is 5.92 Å². The quantitative estimate of drug-likeness (QED) is 0.435. The van der Waals surface area contributed by atoms with Crippen LogP contribution < -0.4 is 10.6 Å². The summed E-state index contributed by atoms with van der Waals surface area (Å²) in [4.78, 5) is 36.1. The molecule has 0 saturated heterocycles. The molecule has 3 N–H and O–H groups in total. The second kappa shape index (κ2) is 10.2. The highest BCUT2D eigenvalue weighted by molar-refractivity contribution is 5.99. The number of nitrogens with zero attached hydrogens (tertiary/aromatic N) is 2. The van der Waals surface area contributed by atoms with Gasteiger partial charge in [0.15, 0.2) is 0 Å². The van der Waals surface area contributed by atoms with E-state index in [0.29, 0.717) is 12.8 Å². The van der Waals surface area contributed by atoms with E-state index in [1.165, 1.54) is 0 Å². The molecule has 1 aliphatic rings. The van der Waals surface area contributed by atoms with Gasteiger partial charge in [-0.05, 0) is 39.0 Å². The highest BCUT2D eigenvalue weighted by Crippen LogP contribution is 2.44. The first-order valence-corrected chi connectivity index (χ1v) is 10.9. The van der Waals surface area contributed by atoms with E-state index in [4.69, 9.17) is 4.74 Å². The number of fused-ring (bicyclic) bond motifs is 3. The maximum Gasteiger partial charge on any atom is 0.412 e. The van der Waals surface area contributed by atoms with Crippen LogP contribution >= 0.6 is 0 Å². The van der Waals surface area contributed by atoms with Crippen LogP contribution in [0.4, 0.5) is 10.6 Å². The van der Waals surface area contributed by atoms with Crippen LogP contribution in [0.3, 0.4) is 0 Å². The highest BCUT2D eigenvalue weighted by atomic mass is 16.6. The zero-order valence-corrected chi connectivity index (χ0v) is 18.5. The smallest absolute Gasteiger partial charge is 0.412 e. The number of carbonyl (C=O) groups is 3. The molecule has 0 spiro atoms. The number of anilines is 1. The largest absolute Gasteiger partial charge is 0.481 e. The predicted octanol–water partition coefficient (Wildman–Crippen LogP) is 3.66. The summed E-state index contributed by atoms with van der Waals surface area (Å²) in [6.07, 6.45) is 0.255. The molecule has 0 radical (unpaired) electrons. The van der Waals surface area contributed by atoms with Gasteiger partial charge < -0.3 is 15.2 Å². The summed E-state index contributed by atoms with van der Waals surface area (Å²) < 4.78 is 10.0. The molecular weight excluding hydrogens is 440 g/mol. The summed E-state index contributed by atoms with van der Waals surface area (Å²) in [5, 5.41) is 21.2. The summed E-state index contributed by atoms with van der Waals surface area (Å²) in [5.41, 5.74) is 4.08. The average Bonchev–Trinajstić information content (AvgIpc) is 3.42. The van der Waals surface area contributed by atoms with Gasteiger partial charge in [0.1, 0.15) is 6.61 Å². The Labute approximate surface area is 195 Å². The molecule has 0 aliphatic heterocycles. The van der Waals surface area contributed by atoms with Gasteiger partial charge in [-0.1, -0.05) is 61.9 Å². The number of amides is 2. The Bertz CT molecular complexity index is 1160. The summed E-state index contributed by atoms with van der Waals surface area (Å²) in [7, 11) is 0. The fraction of sp³-hybridized carbons (Fsp3) is 0.292. The maximum absolute atomic E-state index is 12.5. The topological polar surface area (TPSA) is 144 Å². The van der Waals surface area contributed by atoms with Crippen molar-refractivity contribution < 1.29 is 28.9 Å². The molecule has 1 heterocycles. The van der Waals surface area contributed by atoms with Crippen molar-refractivity contribution in [2.45, 2.75) is 25.7 Å². The van der Waals surface area contributed by atoms with Gasteiger partial charge in [0.2, 0.25) is 11.5 Å². The molecule has 3 aromatic rings. The molecule has 10 nitrogen and oxygen atoms in total. The number of aromatic nitrogens is 2. The van der Waals surface area contributed by atoms with Crippen LogP contribution in [-0.4, -0.2) is 46.5 Å². The molecule has 2 amide bonds. The molecule has 1 aromatic heterocycles. The molecule has 176 valence electrons. The molecule has 1 aliphatic carbocycles. The first-order chi connectivity index (χ1) is 16.5. The first kappa shape index (κ1) is 23.0. The van der Waals surface area contributed by atoms with Crippen molar-refractivity contribution in [1.82, 2.24) is 15.6 Å². The number of carbonyl (C=O) groups excluding carboxylic acids is 2. The highest BCUT2D eigenvalue weighted by Gasteiger charge is 2.29. The Morgan fingerprint density at radius 1 is 1.06 bits per heavy atom. The van der Waals surface area contributed by atoms with Crippen LogP contribution in [0.1, 0.15) is 47.3 Å². The molecule has 0 saturated carbocycles. The Morgan fingerprint density at radius 3 is 2.32 bits per heavy atom. The minimum Gasteiger partial charge on any atom is -0.481 e. The number of hydrogen-bond donors (Lipinski definition) is 3. The second-order valence-corrected chi connectivity index (χ2v) is 7.95. The lowest BCUT2D eigenvalue weighted by molar-refractivity contribution is -0.141. The van der Waals surface area contributed by atoms with E-state index in [1.807, 2.05) is 55.5 Å². The Hall–Kier alpha value is -4.21. The van der Waals surface area contributed by atoms with Crippen LogP contribution in [0.25, 0.3) is 11.1 Å². The number of benzene rings is 2. The molecule has 1 unspecified atom stereocenters. The van der Waals surface area contributed by atoms with Crippen molar-refractivity contribution in [2.24, 2.45) is 5.92 Å². The fourth-order valence-electron chi connectivity index (χ4n) is 4.11. The van der Waals surface area contributed by atoms with Gasteiger partial charge >= 0.3 is 12.1 Å². The van der Waals surface area contributed by atoms with Crippen molar-refractivity contribution in [3.63, 3.8) is 0 Å². The number of ether oxygens (including phenoxy) is 1. The monoisotopic (exact) mass is 464 g/mol. The van der Waals surface area contributed by atoms with Gasteiger partial charge in [-0.2, -0.15) is 0 Å². The third-order valence-corrected chi connectivity index (χ3v) is 5.76. The van der Waals surface area contributed by atoms with Crippen LogP contribution in [0.15, 0.2) is 53.2 Å². The van der Waals surface area contributed by atoms with Gasteiger partial charge in [-0.3, -0.25) is 14.9 Å². The molecule has 34 heavy (non-hydrogen) atoms. The normalized spacial score (nSPS) is 13.0. The van der Waals surface area contributed by atoms with Crippen LogP contribution in [-0.2, 0) is 9.53 Å². The number of carboxylic acids is 1. The lowest BCUT2D eigenvalue weighted by Crippen LogP contribution is -2.33. The third-order valence-electron chi connectivity index (χ3n) is 5.76. The summed E-state index contributed by atoms with van der Waals surface area (Å²) in [6, 6.07) is 15.9. The molecule has 0 bridgehead atoms. The lowest BCUT2D eigenvalue weighted by atomic mass is 9.98. The van der Waals surface area contributed by atoms with Gasteiger partial charge in [0, 0.05) is 12.5 Å². The lowest BCUT2D eigenvalue weighted by Gasteiger charge is -2.14. The van der Waals surface area contributed by atoms with Crippen LogP contribution in [0.2, 0.25) is 0 Å². The van der Waals surface area contributed by atoms with Gasteiger partial charge in [0.25, 0.3) is 5.91 Å². The number of aliphatic carboxylic acids is 1. The van der Waals surface area contributed by atoms with E-state index in [0.717, 1.165) is 22.3 Å². The van der Waals surface area contributed by atoms with Crippen molar-refractivity contribution in [3.8, 4) is 11.1 Å². The standard InChI is InChI=1S/C24H24N4O6/c1-2-7-14(23(30)31)12-25-22(29)20-21(28-34-27-20)26-24(32)33-13-19-17-10-5-3-8-15(17)16-9-4-6-11-18(16)19/h3-6,8-11,14,19H,2,7,12-13H2,1H3,(H,25,29)(H,30,31)(H,26,28,32). The first-order valence-electron chi connectivity index (χ1n) is 10.9. The predicted molar refractivity (Wildman–Crippen MR) is 121 cm³/mol. The maximum atomic E-state index is 12.5. The Morgan fingerprint density at radius 2 is 1.71 bits per heavy atom. The summed E-state index contributed by atoms with van der Waals surface area (Å²) in [6.45, 7) is 1.86. The number of nitrogens with one attached hydrogen (secondary N) is 2. The second-order valence-electron chi connectivity index (χ2n) is 7.95. The van der Waals surface area contributed by atoms with Crippen molar-refractivity contribution in [2.75, 3.05) is 18.5 Å².